The number of likely N-dealkylation sites (N-methyl/N-ethyl adjacent to an activating group) is 1. The number of rotatable bonds is 7. The minimum absolute atomic E-state index is 0.107. The van der Waals surface area contributed by atoms with E-state index in [-0.39, 0.29) is 6.10 Å². The van der Waals surface area contributed by atoms with Gasteiger partial charge in [0.2, 0.25) is 0 Å². The third-order valence-electron chi connectivity index (χ3n) is 2.24. The zero-order chi connectivity index (χ0) is 13.5. The lowest BCUT2D eigenvalue weighted by Crippen LogP contribution is -2.34. The zero-order valence-electron chi connectivity index (χ0n) is 10.3. The first-order valence-corrected chi connectivity index (χ1v) is 7.14. The first-order chi connectivity index (χ1) is 8.58. The van der Waals surface area contributed by atoms with Gasteiger partial charge in [-0.05, 0) is 28.5 Å². The van der Waals surface area contributed by atoms with Gasteiger partial charge in [0, 0.05) is 24.2 Å². The van der Waals surface area contributed by atoms with E-state index in [0.717, 1.165) is 11.0 Å². The maximum atomic E-state index is 6.10. The molecule has 0 heterocycles. The van der Waals surface area contributed by atoms with E-state index in [1.54, 1.807) is 19.2 Å². The van der Waals surface area contributed by atoms with Crippen molar-refractivity contribution in [1.82, 2.24) is 5.32 Å². The van der Waals surface area contributed by atoms with Crippen LogP contribution < -0.4 is 10.1 Å². The van der Waals surface area contributed by atoms with E-state index in [9.17, 15) is 0 Å². The van der Waals surface area contributed by atoms with Crippen molar-refractivity contribution in [2.75, 3.05) is 26.8 Å². The Morgan fingerprint density at radius 2 is 2.06 bits per heavy atom. The summed E-state index contributed by atoms with van der Waals surface area (Å²) >= 11 is 15.4. The molecule has 0 saturated heterocycles. The third-order valence-corrected chi connectivity index (χ3v) is 3.74. The first-order valence-electron chi connectivity index (χ1n) is 5.59. The molecule has 1 aromatic carbocycles. The molecule has 0 bridgehead atoms. The number of methoxy groups -OCH3 is 1. The highest BCUT2D eigenvalue weighted by Gasteiger charge is 2.13. The van der Waals surface area contributed by atoms with Gasteiger partial charge in [-0.3, -0.25) is 0 Å². The Morgan fingerprint density at radius 3 is 2.67 bits per heavy atom. The normalized spacial score (nSPS) is 12.5. The van der Waals surface area contributed by atoms with Gasteiger partial charge in [0.05, 0.1) is 16.7 Å². The maximum absolute atomic E-state index is 6.10. The summed E-state index contributed by atoms with van der Waals surface area (Å²) in [7, 11) is 1.64. The molecule has 102 valence electrons. The molecule has 0 saturated carbocycles. The van der Waals surface area contributed by atoms with Crippen molar-refractivity contribution in [3.63, 3.8) is 0 Å². The van der Waals surface area contributed by atoms with E-state index in [4.69, 9.17) is 32.7 Å². The summed E-state index contributed by atoms with van der Waals surface area (Å²) in [5.74, 6) is 0.560. The van der Waals surface area contributed by atoms with Crippen LogP contribution in [0.15, 0.2) is 16.6 Å². The van der Waals surface area contributed by atoms with Gasteiger partial charge >= 0.3 is 0 Å². The minimum atomic E-state index is -0.107. The number of hydrogen-bond acceptors (Lipinski definition) is 3. The van der Waals surface area contributed by atoms with E-state index in [1.165, 1.54) is 0 Å². The van der Waals surface area contributed by atoms with Gasteiger partial charge in [0.1, 0.15) is 11.9 Å². The summed E-state index contributed by atoms with van der Waals surface area (Å²) in [5, 5.41) is 4.29. The lowest BCUT2D eigenvalue weighted by molar-refractivity contribution is 0.0810. The van der Waals surface area contributed by atoms with Gasteiger partial charge in [-0.15, -0.1) is 0 Å². The summed E-state index contributed by atoms with van der Waals surface area (Å²) in [4.78, 5) is 0. The summed E-state index contributed by atoms with van der Waals surface area (Å²) in [5.41, 5.74) is 0. The predicted molar refractivity (Wildman–Crippen MR) is 79.0 cm³/mol. The van der Waals surface area contributed by atoms with Gasteiger partial charge in [0.25, 0.3) is 0 Å². The Kier molecular flexibility index (Phi) is 7.34. The molecule has 1 rings (SSSR count). The minimum Gasteiger partial charge on any atom is -0.485 e. The number of halogens is 3. The quantitative estimate of drug-likeness (QED) is 0.754. The highest BCUT2D eigenvalue weighted by Crippen LogP contribution is 2.34. The molecule has 1 N–H and O–H groups in total. The molecular weight excluding hydrogens is 341 g/mol. The Hall–Kier alpha value is -0.0000000000000000555. The molecule has 0 aliphatic carbocycles. The van der Waals surface area contributed by atoms with Crippen molar-refractivity contribution in [3.05, 3.63) is 26.7 Å². The van der Waals surface area contributed by atoms with Crippen molar-refractivity contribution >= 4 is 39.1 Å². The second-order valence-electron chi connectivity index (χ2n) is 3.70. The predicted octanol–water partition coefficient (Wildman–Crippen LogP) is 3.76. The molecule has 0 amide bonds. The Balaban J connectivity index is 2.76. The standard InChI is InChI=1S/C12H16BrCl2NO2/c1-3-16-6-8(7-17-2)18-12-5-10(14)9(13)4-11(12)15/h4-5,8,16H,3,6-7H2,1-2H3. The van der Waals surface area contributed by atoms with E-state index in [0.29, 0.717) is 28.9 Å². The van der Waals surface area contributed by atoms with Crippen LogP contribution in [0.1, 0.15) is 6.92 Å². The number of ether oxygens (including phenoxy) is 2. The van der Waals surface area contributed by atoms with Crippen LogP contribution in [0, 0.1) is 0 Å². The largest absolute Gasteiger partial charge is 0.485 e. The Bertz CT molecular complexity index is 391. The molecule has 1 atom stereocenters. The van der Waals surface area contributed by atoms with Crippen LogP contribution in [0.2, 0.25) is 10.0 Å². The topological polar surface area (TPSA) is 30.5 Å². The average Bonchev–Trinajstić information content (AvgIpc) is 2.33. The number of hydrogen-bond donors (Lipinski definition) is 1. The zero-order valence-corrected chi connectivity index (χ0v) is 13.4. The fourth-order valence-corrected chi connectivity index (χ4v) is 2.24. The van der Waals surface area contributed by atoms with Gasteiger partial charge in [-0.1, -0.05) is 30.1 Å². The van der Waals surface area contributed by atoms with Gasteiger partial charge in [-0.25, -0.2) is 0 Å². The highest BCUT2D eigenvalue weighted by atomic mass is 79.9. The number of benzene rings is 1. The van der Waals surface area contributed by atoms with Crippen LogP contribution in [0.3, 0.4) is 0 Å². The van der Waals surface area contributed by atoms with Crippen LogP contribution >= 0.6 is 39.1 Å². The molecule has 0 fully saturated rings. The maximum Gasteiger partial charge on any atom is 0.140 e. The second-order valence-corrected chi connectivity index (χ2v) is 5.37. The third kappa shape index (κ3) is 4.94. The van der Waals surface area contributed by atoms with Crippen molar-refractivity contribution in [3.8, 4) is 5.75 Å². The summed E-state index contributed by atoms with van der Waals surface area (Å²) in [6.07, 6.45) is -0.107. The molecule has 3 nitrogen and oxygen atoms in total. The van der Waals surface area contributed by atoms with Crippen molar-refractivity contribution in [2.24, 2.45) is 0 Å². The molecule has 0 spiro atoms. The van der Waals surface area contributed by atoms with Crippen molar-refractivity contribution in [1.29, 1.82) is 0 Å². The highest BCUT2D eigenvalue weighted by molar-refractivity contribution is 9.10. The SMILES string of the molecule is CCNCC(COC)Oc1cc(Cl)c(Br)cc1Cl. The van der Waals surface area contributed by atoms with Crippen LogP contribution in [0.4, 0.5) is 0 Å². The molecule has 6 heteroatoms. The first kappa shape index (κ1) is 16.1. The molecule has 0 radical (unpaired) electrons. The smallest absolute Gasteiger partial charge is 0.140 e. The Morgan fingerprint density at radius 1 is 1.33 bits per heavy atom. The summed E-state index contributed by atoms with van der Waals surface area (Å²) in [6, 6.07) is 3.42. The van der Waals surface area contributed by atoms with Gasteiger partial charge in [-0.2, -0.15) is 0 Å². The van der Waals surface area contributed by atoms with Crippen LogP contribution in [-0.2, 0) is 4.74 Å². The fraction of sp³-hybridized carbons (Fsp3) is 0.500. The molecule has 18 heavy (non-hydrogen) atoms. The molecular formula is C12H16BrCl2NO2. The van der Waals surface area contributed by atoms with Crippen molar-refractivity contribution < 1.29 is 9.47 Å². The molecule has 1 aromatic rings. The average molecular weight is 357 g/mol. The summed E-state index contributed by atoms with van der Waals surface area (Å²) < 4.78 is 11.7. The lowest BCUT2D eigenvalue weighted by Gasteiger charge is -2.19. The van der Waals surface area contributed by atoms with E-state index < -0.39 is 0 Å². The van der Waals surface area contributed by atoms with E-state index in [2.05, 4.69) is 21.2 Å². The monoisotopic (exact) mass is 355 g/mol. The fourth-order valence-electron chi connectivity index (χ4n) is 1.40. The van der Waals surface area contributed by atoms with Crippen molar-refractivity contribution in [2.45, 2.75) is 13.0 Å². The molecule has 0 aliphatic heterocycles. The van der Waals surface area contributed by atoms with Crippen LogP contribution in [0.5, 0.6) is 5.75 Å². The Labute approximate surface area is 126 Å². The van der Waals surface area contributed by atoms with E-state index >= 15 is 0 Å². The summed E-state index contributed by atoms with van der Waals surface area (Å²) in [6.45, 7) is 4.08. The number of nitrogens with one attached hydrogen (secondary N) is 1. The van der Waals surface area contributed by atoms with E-state index in [1.807, 2.05) is 6.92 Å². The lowest BCUT2D eigenvalue weighted by atomic mass is 10.3. The van der Waals surface area contributed by atoms with Gasteiger partial charge in [0.15, 0.2) is 0 Å². The van der Waals surface area contributed by atoms with Crippen LogP contribution in [0.25, 0.3) is 0 Å². The second kappa shape index (κ2) is 8.23. The molecule has 0 aliphatic rings. The molecule has 1 unspecified atom stereocenters. The van der Waals surface area contributed by atoms with Gasteiger partial charge < -0.3 is 14.8 Å². The molecule has 0 aromatic heterocycles. The van der Waals surface area contributed by atoms with Crippen LogP contribution in [-0.4, -0.2) is 32.9 Å².